The summed E-state index contributed by atoms with van der Waals surface area (Å²) >= 11 is 0. The van der Waals surface area contributed by atoms with Gasteiger partial charge in [-0.25, -0.2) is 0 Å². The average molecular weight is 264 g/mol. The monoisotopic (exact) mass is 264 g/mol. The summed E-state index contributed by atoms with van der Waals surface area (Å²) in [4.78, 5) is 11.5. The first-order valence-corrected chi connectivity index (χ1v) is 6.96. The van der Waals surface area contributed by atoms with Gasteiger partial charge in [-0.1, -0.05) is 31.5 Å². The van der Waals surface area contributed by atoms with Crippen LogP contribution < -0.4 is 10.6 Å². The van der Waals surface area contributed by atoms with Crippen molar-refractivity contribution < 1.29 is 9.53 Å². The maximum absolute atomic E-state index is 11.5. The zero-order valence-corrected chi connectivity index (χ0v) is 11.7. The SMILES string of the molecule is CCCCOCCCNC(=O)CNc1ccccc1. The first kappa shape index (κ1) is 15.5. The predicted molar refractivity (Wildman–Crippen MR) is 78.3 cm³/mol. The van der Waals surface area contributed by atoms with Gasteiger partial charge in [0, 0.05) is 25.4 Å². The van der Waals surface area contributed by atoms with Gasteiger partial charge < -0.3 is 15.4 Å². The molecular formula is C15H24N2O2. The molecule has 4 nitrogen and oxygen atoms in total. The highest BCUT2D eigenvalue weighted by atomic mass is 16.5. The topological polar surface area (TPSA) is 50.4 Å². The lowest BCUT2D eigenvalue weighted by Gasteiger charge is -2.08. The smallest absolute Gasteiger partial charge is 0.239 e. The molecule has 0 heterocycles. The fourth-order valence-electron chi connectivity index (χ4n) is 1.55. The van der Waals surface area contributed by atoms with Crippen LogP contribution in [0.4, 0.5) is 5.69 Å². The van der Waals surface area contributed by atoms with Gasteiger partial charge in [0.15, 0.2) is 0 Å². The molecular weight excluding hydrogens is 240 g/mol. The molecule has 0 spiro atoms. The van der Waals surface area contributed by atoms with Crippen LogP contribution in [0.25, 0.3) is 0 Å². The first-order valence-electron chi connectivity index (χ1n) is 6.96. The van der Waals surface area contributed by atoms with Gasteiger partial charge in [0.25, 0.3) is 0 Å². The summed E-state index contributed by atoms with van der Waals surface area (Å²) in [5.41, 5.74) is 0.959. The van der Waals surface area contributed by atoms with Gasteiger partial charge in [-0.2, -0.15) is 0 Å². The van der Waals surface area contributed by atoms with Gasteiger partial charge >= 0.3 is 0 Å². The van der Waals surface area contributed by atoms with E-state index in [1.165, 1.54) is 0 Å². The summed E-state index contributed by atoms with van der Waals surface area (Å²) in [6.45, 7) is 4.65. The largest absolute Gasteiger partial charge is 0.381 e. The van der Waals surface area contributed by atoms with Crippen LogP contribution in [0.1, 0.15) is 26.2 Å². The van der Waals surface area contributed by atoms with Gasteiger partial charge in [0.2, 0.25) is 5.91 Å². The van der Waals surface area contributed by atoms with Crippen molar-refractivity contribution in [2.75, 3.05) is 31.6 Å². The Morgan fingerprint density at radius 3 is 2.63 bits per heavy atom. The molecule has 0 aliphatic rings. The number of benzene rings is 1. The molecule has 0 bridgehead atoms. The standard InChI is InChI=1S/C15H24N2O2/c1-2-3-11-19-12-7-10-16-15(18)13-17-14-8-5-4-6-9-14/h4-6,8-9,17H,2-3,7,10-13H2,1H3,(H,16,18). The zero-order chi connectivity index (χ0) is 13.8. The minimum Gasteiger partial charge on any atom is -0.381 e. The Bertz CT molecular complexity index is 341. The maximum atomic E-state index is 11.5. The fourth-order valence-corrected chi connectivity index (χ4v) is 1.55. The number of para-hydroxylation sites is 1. The molecule has 1 aromatic rings. The number of anilines is 1. The van der Waals surface area contributed by atoms with Crippen molar-refractivity contribution in [2.45, 2.75) is 26.2 Å². The molecule has 0 aliphatic heterocycles. The lowest BCUT2D eigenvalue weighted by molar-refractivity contribution is -0.119. The van der Waals surface area contributed by atoms with E-state index in [4.69, 9.17) is 4.74 Å². The highest BCUT2D eigenvalue weighted by molar-refractivity contribution is 5.80. The number of nitrogens with one attached hydrogen (secondary N) is 2. The first-order chi connectivity index (χ1) is 9.33. The molecule has 106 valence electrons. The summed E-state index contributed by atoms with van der Waals surface area (Å²) in [5.74, 6) is 0.0115. The van der Waals surface area contributed by atoms with Gasteiger partial charge in [-0.05, 0) is 25.0 Å². The molecule has 0 fully saturated rings. The normalized spacial score (nSPS) is 10.2. The van der Waals surface area contributed by atoms with Crippen molar-refractivity contribution in [3.05, 3.63) is 30.3 Å². The van der Waals surface area contributed by atoms with E-state index in [1.807, 2.05) is 30.3 Å². The van der Waals surface area contributed by atoms with Crippen molar-refractivity contribution in [2.24, 2.45) is 0 Å². The highest BCUT2D eigenvalue weighted by Gasteiger charge is 1.99. The molecule has 0 aliphatic carbocycles. The summed E-state index contributed by atoms with van der Waals surface area (Å²) in [6.07, 6.45) is 3.12. The van der Waals surface area contributed by atoms with Gasteiger partial charge in [-0.3, -0.25) is 4.79 Å². The number of hydrogen-bond acceptors (Lipinski definition) is 3. The second-order valence-electron chi connectivity index (χ2n) is 4.39. The summed E-state index contributed by atoms with van der Waals surface area (Å²) in [6, 6.07) is 9.70. The van der Waals surface area contributed by atoms with E-state index in [9.17, 15) is 4.79 Å². The maximum Gasteiger partial charge on any atom is 0.239 e. The molecule has 0 radical (unpaired) electrons. The Morgan fingerprint density at radius 2 is 1.89 bits per heavy atom. The van der Waals surface area contributed by atoms with E-state index < -0.39 is 0 Å². The van der Waals surface area contributed by atoms with E-state index >= 15 is 0 Å². The van der Waals surface area contributed by atoms with Gasteiger partial charge in [-0.15, -0.1) is 0 Å². The van der Waals surface area contributed by atoms with E-state index in [2.05, 4.69) is 17.6 Å². The lowest BCUT2D eigenvalue weighted by atomic mass is 10.3. The Labute approximate surface area is 115 Å². The van der Waals surface area contributed by atoms with Crippen molar-refractivity contribution >= 4 is 11.6 Å². The number of rotatable bonds is 10. The predicted octanol–water partition coefficient (Wildman–Crippen LogP) is 2.42. The molecule has 0 atom stereocenters. The molecule has 0 saturated carbocycles. The summed E-state index contributed by atoms with van der Waals surface area (Å²) in [7, 11) is 0. The van der Waals surface area contributed by atoms with Crippen LogP contribution in [0, 0.1) is 0 Å². The Kier molecular flexibility index (Phi) is 8.47. The van der Waals surface area contributed by atoms with Crippen molar-refractivity contribution in [1.29, 1.82) is 0 Å². The van der Waals surface area contributed by atoms with Gasteiger partial charge in [0.05, 0.1) is 6.54 Å². The lowest BCUT2D eigenvalue weighted by Crippen LogP contribution is -2.31. The third kappa shape index (κ3) is 8.21. The molecule has 0 saturated heterocycles. The average Bonchev–Trinajstić information content (AvgIpc) is 2.45. The Morgan fingerprint density at radius 1 is 1.16 bits per heavy atom. The molecule has 4 heteroatoms. The second-order valence-corrected chi connectivity index (χ2v) is 4.39. The van der Waals surface area contributed by atoms with E-state index in [1.54, 1.807) is 0 Å². The number of amides is 1. The fraction of sp³-hybridized carbons (Fsp3) is 0.533. The van der Waals surface area contributed by atoms with Crippen molar-refractivity contribution in [3.63, 3.8) is 0 Å². The van der Waals surface area contributed by atoms with Gasteiger partial charge in [0.1, 0.15) is 0 Å². The number of carbonyl (C=O) groups is 1. The Balaban J connectivity index is 1.96. The van der Waals surface area contributed by atoms with E-state index in [0.29, 0.717) is 19.7 Å². The molecule has 2 N–H and O–H groups in total. The van der Waals surface area contributed by atoms with Crippen LogP contribution in [0.2, 0.25) is 0 Å². The summed E-state index contributed by atoms with van der Waals surface area (Å²) < 4.78 is 5.42. The minimum absolute atomic E-state index is 0.0115. The van der Waals surface area contributed by atoms with Crippen molar-refractivity contribution in [1.82, 2.24) is 5.32 Å². The van der Waals surface area contributed by atoms with Crippen LogP contribution in [-0.2, 0) is 9.53 Å². The highest BCUT2D eigenvalue weighted by Crippen LogP contribution is 2.03. The van der Waals surface area contributed by atoms with Crippen LogP contribution in [0.3, 0.4) is 0 Å². The van der Waals surface area contributed by atoms with Crippen LogP contribution in [0.15, 0.2) is 30.3 Å². The number of ether oxygens (including phenoxy) is 1. The molecule has 19 heavy (non-hydrogen) atoms. The molecule has 1 rings (SSSR count). The minimum atomic E-state index is 0.0115. The number of carbonyl (C=O) groups excluding carboxylic acids is 1. The number of hydrogen-bond donors (Lipinski definition) is 2. The van der Waals surface area contributed by atoms with Crippen LogP contribution in [0.5, 0.6) is 0 Å². The molecule has 0 unspecified atom stereocenters. The second kappa shape index (κ2) is 10.4. The summed E-state index contributed by atoms with van der Waals surface area (Å²) in [5, 5.41) is 5.93. The molecule has 1 aromatic carbocycles. The zero-order valence-electron chi connectivity index (χ0n) is 11.7. The van der Waals surface area contributed by atoms with E-state index in [0.717, 1.165) is 31.6 Å². The molecule has 0 aromatic heterocycles. The quantitative estimate of drug-likeness (QED) is 0.638. The Hall–Kier alpha value is -1.55. The van der Waals surface area contributed by atoms with Crippen LogP contribution in [-0.4, -0.2) is 32.2 Å². The third-order valence-corrected chi connectivity index (χ3v) is 2.66. The molecule has 1 amide bonds. The van der Waals surface area contributed by atoms with Crippen molar-refractivity contribution in [3.8, 4) is 0 Å². The van der Waals surface area contributed by atoms with E-state index in [-0.39, 0.29) is 5.91 Å². The third-order valence-electron chi connectivity index (χ3n) is 2.66. The van der Waals surface area contributed by atoms with Crippen LogP contribution >= 0.6 is 0 Å². The number of unbranched alkanes of at least 4 members (excludes halogenated alkanes) is 1.